The van der Waals surface area contributed by atoms with Crippen LogP contribution >= 0.6 is 0 Å². The summed E-state index contributed by atoms with van der Waals surface area (Å²) in [6, 6.07) is 24.7. The molecule has 0 radical (unpaired) electrons. The Balaban J connectivity index is 1.62. The molecule has 3 aromatic carbocycles. The van der Waals surface area contributed by atoms with E-state index < -0.39 is 11.9 Å². The van der Waals surface area contributed by atoms with Crippen LogP contribution in [0.3, 0.4) is 0 Å². The summed E-state index contributed by atoms with van der Waals surface area (Å²) in [5, 5.41) is 15.1. The highest BCUT2D eigenvalue weighted by Crippen LogP contribution is 2.31. The van der Waals surface area contributed by atoms with Crippen molar-refractivity contribution in [1.29, 1.82) is 0 Å². The number of nitrogens with zero attached hydrogens (tertiary/aromatic N) is 3. The quantitative estimate of drug-likeness (QED) is 0.281. The molecular formula is C31H30N4O4. The number of H-pyrrole nitrogens is 1. The van der Waals surface area contributed by atoms with Crippen LogP contribution in [0.25, 0.3) is 22.5 Å². The number of aryl methyl sites for hydroxylation is 2. The van der Waals surface area contributed by atoms with E-state index in [1.54, 1.807) is 23.6 Å². The Bertz CT molecular complexity index is 1690. The van der Waals surface area contributed by atoms with Crippen molar-refractivity contribution in [3.8, 4) is 22.5 Å². The van der Waals surface area contributed by atoms with Gasteiger partial charge < -0.3 is 5.11 Å². The van der Waals surface area contributed by atoms with E-state index in [0.717, 1.165) is 29.5 Å². The molecule has 5 aromatic rings. The van der Waals surface area contributed by atoms with Crippen LogP contribution in [0.2, 0.25) is 0 Å². The molecule has 1 unspecified atom stereocenters. The van der Waals surface area contributed by atoms with Crippen molar-refractivity contribution in [1.82, 2.24) is 19.7 Å². The van der Waals surface area contributed by atoms with Crippen molar-refractivity contribution in [2.24, 2.45) is 0 Å². The molecular weight excluding hydrogens is 492 g/mol. The first-order valence-corrected chi connectivity index (χ1v) is 13.0. The molecule has 0 spiro atoms. The number of nitrogens with one attached hydrogen (secondary N) is 1. The normalized spacial score (nSPS) is 12.0. The van der Waals surface area contributed by atoms with Crippen molar-refractivity contribution in [3.63, 3.8) is 0 Å². The number of aromatic nitrogens is 4. The molecule has 1 atom stereocenters. The Morgan fingerprint density at radius 1 is 0.974 bits per heavy atom. The fourth-order valence-electron chi connectivity index (χ4n) is 4.82. The third-order valence-electron chi connectivity index (χ3n) is 6.82. The van der Waals surface area contributed by atoms with E-state index in [-0.39, 0.29) is 17.7 Å². The zero-order valence-electron chi connectivity index (χ0n) is 21.9. The molecule has 0 saturated carbocycles. The van der Waals surface area contributed by atoms with Crippen molar-refractivity contribution < 1.29 is 9.63 Å². The molecule has 198 valence electrons. The second kappa shape index (κ2) is 11.4. The molecule has 0 aliphatic heterocycles. The summed E-state index contributed by atoms with van der Waals surface area (Å²) in [4.78, 5) is 33.1. The molecule has 0 bridgehead atoms. The SMILES string of the molecule is CCCCc1nc(C)c(C(O)c2ccccc2)c(=O)n1Cc1ccc(-c2ccccc2)c(-c2noc(=O)[nH]2)c1. The number of hydrogen-bond donors (Lipinski definition) is 2. The fraction of sp³-hybridized carbons (Fsp3) is 0.226. The molecule has 2 aromatic heterocycles. The summed E-state index contributed by atoms with van der Waals surface area (Å²) in [7, 11) is 0. The number of aliphatic hydroxyl groups is 1. The highest BCUT2D eigenvalue weighted by molar-refractivity contribution is 5.80. The van der Waals surface area contributed by atoms with E-state index in [2.05, 4.69) is 17.1 Å². The van der Waals surface area contributed by atoms with E-state index in [9.17, 15) is 14.7 Å². The Labute approximate surface area is 225 Å². The van der Waals surface area contributed by atoms with Crippen LogP contribution in [0.15, 0.2) is 93.0 Å². The van der Waals surface area contributed by atoms with Crippen molar-refractivity contribution in [3.05, 3.63) is 128 Å². The van der Waals surface area contributed by atoms with Gasteiger partial charge in [0, 0.05) is 12.0 Å². The van der Waals surface area contributed by atoms with Gasteiger partial charge in [-0.2, -0.15) is 0 Å². The molecule has 8 heteroatoms. The average molecular weight is 523 g/mol. The van der Waals surface area contributed by atoms with Gasteiger partial charge in [0.05, 0.1) is 17.8 Å². The first kappa shape index (κ1) is 26.1. The molecule has 0 saturated heterocycles. The summed E-state index contributed by atoms with van der Waals surface area (Å²) in [6.45, 7) is 4.11. The highest BCUT2D eigenvalue weighted by Gasteiger charge is 2.22. The van der Waals surface area contributed by atoms with Crippen molar-refractivity contribution >= 4 is 0 Å². The van der Waals surface area contributed by atoms with Crippen molar-refractivity contribution in [2.45, 2.75) is 45.8 Å². The van der Waals surface area contributed by atoms with Gasteiger partial charge in [0.15, 0.2) is 5.82 Å². The maximum absolute atomic E-state index is 13.9. The third-order valence-corrected chi connectivity index (χ3v) is 6.82. The molecule has 0 aliphatic carbocycles. The van der Waals surface area contributed by atoms with E-state index in [1.165, 1.54) is 0 Å². The number of unbranched alkanes of at least 4 members (excludes halogenated alkanes) is 1. The Morgan fingerprint density at radius 3 is 2.36 bits per heavy atom. The van der Waals surface area contributed by atoms with Crippen LogP contribution in [0.5, 0.6) is 0 Å². The maximum Gasteiger partial charge on any atom is 0.439 e. The summed E-state index contributed by atoms with van der Waals surface area (Å²) in [5.41, 5.74) is 4.47. The third kappa shape index (κ3) is 5.51. The lowest BCUT2D eigenvalue weighted by atomic mass is 9.96. The van der Waals surface area contributed by atoms with E-state index in [4.69, 9.17) is 9.51 Å². The van der Waals surface area contributed by atoms with E-state index in [0.29, 0.717) is 34.9 Å². The van der Waals surface area contributed by atoms with E-state index in [1.807, 2.05) is 66.7 Å². The fourth-order valence-corrected chi connectivity index (χ4v) is 4.82. The molecule has 39 heavy (non-hydrogen) atoms. The van der Waals surface area contributed by atoms with Gasteiger partial charge >= 0.3 is 5.76 Å². The molecule has 8 nitrogen and oxygen atoms in total. The van der Waals surface area contributed by atoms with Crippen LogP contribution < -0.4 is 11.3 Å². The van der Waals surface area contributed by atoms with Gasteiger partial charge in [-0.25, -0.2) is 9.78 Å². The minimum absolute atomic E-state index is 0.240. The van der Waals surface area contributed by atoms with Crippen LogP contribution in [-0.4, -0.2) is 24.8 Å². The van der Waals surface area contributed by atoms with E-state index >= 15 is 0 Å². The zero-order valence-corrected chi connectivity index (χ0v) is 21.9. The van der Waals surface area contributed by atoms with Crippen LogP contribution in [0.1, 0.15) is 54.1 Å². The molecule has 2 N–H and O–H groups in total. The molecule has 0 amide bonds. The molecule has 0 aliphatic rings. The van der Waals surface area contributed by atoms with Crippen LogP contribution in [0.4, 0.5) is 0 Å². The largest absolute Gasteiger partial charge is 0.439 e. The van der Waals surface area contributed by atoms with Gasteiger partial charge in [-0.15, -0.1) is 0 Å². The minimum Gasteiger partial charge on any atom is -0.383 e. The maximum atomic E-state index is 13.9. The van der Waals surface area contributed by atoms with Gasteiger partial charge in [0.2, 0.25) is 0 Å². The van der Waals surface area contributed by atoms with Gasteiger partial charge in [0.25, 0.3) is 5.56 Å². The Morgan fingerprint density at radius 2 is 1.69 bits per heavy atom. The van der Waals surface area contributed by atoms with Gasteiger partial charge in [0.1, 0.15) is 11.9 Å². The van der Waals surface area contributed by atoms with Crippen molar-refractivity contribution in [2.75, 3.05) is 0 Å². The summed E-state index contributed by atoms with van der Waals surface area (Å²) in [6.07, 6.45) is 1.39. The van der Waals surface area contributed by atoms with Crippen LogP contribution in [0, 0.1) is 6.92 Å². The number of aromatic amines is 1. The predicted octanol–water partition coefficient (Wildman–Crippen LogP) is 5.03. The molecule has 5 rings (SSSR count). The summed E-state index contributed by atoms with van der Waals surface area (Å²) in [5.74, 6) is 0.336. The lowest BCUT2D eigenvalue weighted by molar-refractivity contribution is 0.216. The first-order valence-electron chi connectivity index (χ1n) is 13.0. The summed E-state index contributed by atoms with van der Waals surface area (Å²) < 4.78 is 6.44. The minimum atomic E-state index is -1.09. The smallest absolute Gasteiger partial charge is 0.383 e. The first-order chi connectivity index (χ1) is 19.0. The second-order valence-corrected chi connectivity index (χ2v) is 9.52. The Kier molecular flexibility index (Phi) is 7.65. The number of hydrogen-bond acceptors (Lipinski definition) is 6. The lowest BCUT2D eigenvalue weighted by Gasteiger charge is -2.19. The van der Waals surface area contributed by atoms with Gasteiger partial charge in [-0.05, 0) is 41.7 Å². The molecule has 0 fully saturated rings. The predicted molar refractivity (Wildman–Crippen MR) is 149 cm³/mol. The highest BCUT2D eigenvalue weighted by atomic mass is 16.5. The molecule has 2 heterocycles. The van der Waals surface area contributed by atoms with Gasteiger partial charge in [-0.3, -0.25) is 18.9 Å². The standard InChI is InChI=1S/C31H30N4O4/c1-3-4-15-26-32-20(2)27(28(36)23-13-9-6-10-14-23)30(37)35(26)19-21-16-17-24(22-11-7-5-8-12-22)25(18-21)29-33-31(38)39-34-29/h5-14,16-18,28,36H,3-4,15,19H2,1-2H3,(H,33,34,38). The number of aliphatic hydroxyl groups excluding tert-OH is 1. The monoisotopic (exact) mass is 522 g/mol. The van der Waals surface area contributed by atoms with Crippen LogP contribution in [-0.2, 0) is 13.0 Å². The Hall–Kier alpha value is -4.56. The van der Waals surface area contributed by atoms with Gasteiger partial charge in [-0.1, -0.05) is 91.3 Å². The topological polar surface area (TPSA) is 114 Å². The zero-order chi connectivity index (χ0) is 27.4. The second-order valence-electron chi connectivity index (χ2n) is 9.52. The number of benzene rings is 3. The number of rotatable bonds is 9. The summed E-state index contributed by atoms with van der Waals surface area (Å²) >= 11 is 0. The lowest BCUT2D eigenvalue weighted by Crippen LogP contribution is -2.32. The average Bonchev–Trinajstić information content (AvgIpc) is 3.40.